The molecule has 2 unspecified atom stereocenters. The number of aromatic nitrogens is 1. The largest absolute Gasteiger partial charge is 0.469 e. The lowest BCUT2D eigenvalue weighted by Crippen LogP contribution is -2.37. The number of hydrogen-bond acceptors (Lipinski definition) is 5. The fourth-order valence-corrected chi connectivity index (χ4v) is 4.88. The molecular weight excluding hydrogens is 433 g/mol. The molecule has 0 saturated carbocycles. The minimum atomic E-state index is -0.827. The molecule has 172 valence electrons. The molecule has 1 aromatic carbocycles. The van der Waals surface area contributed by atoms with Crippen LogP contribution >= 0.6 is 0 Å². The van der Waals surface area contributed by atoms with Gasteiger partial charge in [-0.25, -0.2) is 9.37 Å². The minimum Gasteiger partial charge on any atom is -0.469 e. The summed E-state index contributed by atoms with van der Waals surface area (Å²) >= 11 is 0. The average molecular weight is 458 g/mol. The third-order valence-corrected chi connectivity index (χ3v) is 6.36. The maximum Gasteiger partial charge on any atom is 0.255 e. The Balaban J connectivity index is 1.58. The van der Waals surface area contributed by atoms with Gasteiger partial charge in [-0.3, -0.25) is 9.59 Å². The molecule has 2 N–H and O–H groups in total. The lowest BCUT2D eigenvalue weighted by atomic mass is 9.72. The number of pyridine rings is 1. The first-order valence-corrected chi connectivity index (χ1v) is 11.2. The van der Waals surface area contributed by atoms with Crippen LogP contribution in [0, 0.1) is 12.7 Å². The number of hydrogen-bond donors (Lipinski definition) is 2. The molecule has 2 atom stereocenters. The SMILES string of the molecule is CC1=C(C(=O)Nc2cccc(C)n2)C(c2ccccc2F)C2=C(CC(c3ccco3)CC2=O)N1. The predicted octanol–water partition coefficient (Wildman–Crippen LogP) is 5.12. The smallest absolute Gasteiger partial charge is 0.255 e. The van der Waals surface area contributed by atoms with E-state index in [4.69, 9.17) is 4.42 Å². The van der Waals surface area contributed by atoms with Crippen molar-refractivity contribution in [3.05, 3.63) is 106 Å². The second-order valence-corrected chi connectivity index (χ2v) is 8.67. The van der Waals surface area contributed by atoms with E-state index in [1.54, 1.807) is 49.6 Å². The number of aryl methyl sites for hydroxylation is 1. The van der Waals surface area contributed by atoms with Crippen LogP contribution in [0.5, 0.6) is 0 Å². The van der Waals surface area contributed by atoms with Gasteiger partial charge < -0.3 is 15.1 Å². The Bertz CT molecular complexity index is 1340. The fourth-order valence-electron chi connectivity index (χ4n) is 4.88. The van der Waals surface area contributed by atoms with Crippen molar-refractivity contribution in [2.24, 2.45) is 0 Å². The van der Waals surface area contributed by atoms with Gasteiger partial charge in [0.2, 0.25) is 0 Å². The highest BCUT2D eigenvalue weighted by molar-refractivity contribution is 6.09. The van der Waals surface area contributed by atoms with Gasteiger partial charge in [-0.1, -0.05) is 24.3 Å². The zero-order chi connectivity index (χ0) is 23.8. The lowest BCUT2D eigenvalue weighted by Gasteiger charge is -2.36. The van der Waals surface area contributed by atoms with Crippen LogP contribution in [0.1, 0.15) is 48.6 Å². The molecule has 1 aliphatic carbocycles. The van der Waals surface area contributed by atoms with Gasteiger partial charge in [0.25, 0.3) is 5.91 Å². The molecule has 2 aliphatic rings. The van der Waals surface area contributed by atoms with Crippen LogP contribution in [-0.2, 0) is 9.59 Å². The Morgan fingerprint density at radius 2 is 1.91 bits per heavy atom. The number of allylic oxidation sites excluding steroid dienone is 3. The van der Waals surface area contributed by atoms with E-state index in [-0.39, 0.29) is 18.1 Å². The van der Waals surface area contributed by atoms with Gasteiger partial charge in [0, 0.05) is 52.1 Å². The van der Waals surface area contributed by atoms with Crippen LogP contribution in [0.15, 0.2) is 87.8 Å². The summed E-state index contributed by atoms with van der Waals surface area (Å²) in [5.74, 6) is -0.834. The van der Waals surface area contributed by atoms with E-state index in [1.165, 1.54) is 6.07 Å². The number of carbonyl (C=O) groups excluding carboxylic acids is 2. The van der Waals surface area contributed by atoms with Crippen LogP contribution in [0.2, 0.25) is 0 Å². The van der Waals surface area contributed by atoms with Gasteiger partial charge in [0.1, 0.15) is 17.4 Å². The van der Waals surface area contributed by atoms with E-state index in [0.29, 0.717) is 40.3 Å². The van der Waals surface area contributed by atoms with Gasteiger partial charge >= 0.3 is 0 Å². The molecule has 0 bridgehead atoms. The molecule has 0 fully saturated rings. The quantitative estimate of drug-likeness (QED) is 0.568. The van der Waals surface area contributed by atoms with Crippen LogP contribution in [-0.4, -0.2) is 16.7 Å². The highest BCUT2D eigenvalue weighted by Gasteiger charge is 2.42. The summed E-state index contributed by atoms with van der Waals surface area (Å²) in [5, 5.41) is 6.11. The second kappa shape index (κ2) is 8.74. The molecule has 0 radical (unpaired) electrons. The highest BCUT2D eigenvalue weighted by Crippen LogP contribution is 2.46. The minimum absolute atomic E-state index is 0.116. The van der Waals surface area contributed by atoms with Crippen LogP contribution in [0.25, 0.3) is 0 Å². The first kappa shape index (κ1) is 21.8. The molecular formula is C27H24FN3O3. The average Bonchev–Trinajstić information content (AvgIpc) is 3.33. The molecule has 0 saturated heterocycles. The maximum atomic E-state index is 15.1. The fraction of sp³-hybridized carbons (Fsp3) is 0.222. The van der Waals surface area contributed by atoms with Crippen molar-refractivity contribution >= 4 is 17.5 Å². The van der Waals surface area contributed by atoms with E-state index in [0.717, 1.165) is 11.5 Å². The summed E-state index contributed by atoms with van der Waals surface area (Å²) in [6.45, 7) is 3.61. The van der Waals surface area contributed by atoms with E-state index >= 15 is 4.39 Å². The van der Waals surface area contributed by atoms with Gasteiger partial charge in [-0.2, -0.15) is 0 Å². The summed E-state index contributed by atoms with van der Waals surface area (Å²) in [7, 11) is 0. The van der Waals surface area contributed by atoms with E-state index in [9.17, 15) is 9.59 Å². The van der Waals surface area contributed by atoms with E-state index in [2.05, 4.69) is 15.6 Å². The predicted molar refractivity (Wildman–Crippen MR) is 125 cm³/mol. The number of ketones is 1. The summed E-state index contributed by atoms with van der Waals surface area (Å²) in [6.07, 6.45) is 2.35. The summed E-state index contributed by atoms with van der Waals surface area (Å²) in [6, 6.07) is 15.3. The molecule has 1 amide bonds. The Morgan fingerprint density at radius 3 is 2.65 bits per heavy atom. The summed E-state index contributed by atoms with van der Waals surface area (Å²) in [4.78, 5) is 31.3. The molecule has 34 heavy (non-hydrogen) atoms. The summed E-state index contributed by atoms with van der Waals surface area (Å²) < 4.78 is 20.6. The summed E-state index contributed by atoms with van der Waals surface area (Å²) in [5.41, 5.74) is 3.06. The van der Waals surface area contributed by atoms with Gasteiger partial charge in [0.15, 0.2) is 5.78 Å². The van der Waals surface area contributed by atoms with Crippen molar-refractivity contribution in [2.75, 3.05) is 5.32 Å². The van der Waals surface area contributed by atoms with E-state index in [1.807, 2.05) is 19.1 Å². The van der Waals surface area contributed by atoms with Crippen molar-refractivity contribution in [3.63, 3.8) is 0 Å². The Morgan fingerprint density at radius 1 is 1.09 bits per heavy atom. The van der Waals surface area contributed by atoms with Crippen molar-refractivity contribution in [1.82, 2.24) is 10.3 Å². The van der Waals surface area contributed by atoms with Gasteiger partial charge in [-0.05, 0) is 50.6 Å². The lowest BCUT2D eigenvalue weighted by molar-refractivity contribution is -0.116. The topological polar surface area (TPSA) is 84.2 Å². The van der Waals surface area contributed by atoms with Crippen LogP contribution in [0.3, 0.4) is 0 Å². The normalized spacial score (nSPS) is 20.1. The Hall–Kier alpha value is -4.00. The number of amides is 1. The molecule has 1 aliphatic heterocycles. The number of furan rings is 1. The van der Waals surface area contributed by atoms with Gasteiger partial charge in [-0.15, -0.1) is 0 Å². The number of nitrogens with one attached hydrogen (secondary N) is 2. The zero-order valence-electron chi connectivity index (χ0n) is 18.9. The Labute approximate surface area is 196 Å². The number of benzene rings is 1. The monoisotopic (exact) mass is 457 g/mol. The number of Topliss-reactive ketones (excluding diaryl/α,β-unsaturated/α-hetero) is 1. The number of rotatable bonds is 4. The third-order valence-electron chi connectivity index (χ3n) is 6.36. The molecule has 0 spiro atoms. The third kappa shape index (κ3) is 3.94. The van der Waals surface area contributed by atoms with Crippen LogP contribution < -0.4 is 10.6 Å². The first-order valence-electron chi connectivity index (χ1n) is 11.2. The maximum absolute atomic E-state index is 15.1. The molecule has 2 aromatic heterocycles. The standard InChI is InChI=1S/C27H24FN3O3/c1-15-7-5-11-23(29-15)31-27(33)24-16(2)30-20-13-17(22-10-6-12-34-22)14-21(32)26(20)25(24)18-8-3-4-9-19(18)28/h3-12,17,25,30H,13-14H2,1-2H3,(H,29,31,33). The number of dihydropyridines is 1. The number of carbonyl (C=O) groups is 2. The molecule has 3 heterocycles. The molecule has 6 nitrogen and oxygen atoms in total. The van der Waals surface area contributed by atoms with Crippen molar-refractivity contribution in [1.29, 1.82) is 0 Å². The first-order chi connectivity index (χ1) is 16.4. The molecule has 3 aromatic rings. The Kier molecular flexibility index (Phi) is 5.61. The van der Waals surface area contributed by atoms with Gasteiger partial charge in [0.05, 0.1) is 6.26 Å². The number of halogens is 1. The molecule has 7 heteroatoms. The second-order valence-electron chi connectivity index (χ2n) is 8.67. The highest BCUT2D eigenvalue weighted by atomic mass is 19.1. The van der Waals surface area contributed by atoms with Crippen molar-refractivity contribution in [3.8, 4) is 0 Å². The van der Waals surface area contributed by atoms with Crippen LogP contribution in [0.4, 0.5) is 10.2 Å². The van der Waals surface area contributed by atoms with E-state index < -0.39 is 17.6 Å². The van der Waals surface area contributed by atoms with Crippen molar-refractivity contribution < 1.29 is 18.4 Å². The zero-order valence-corrected chi connectivity index (χ0v) is 18.9. The molecule has 5 rings (SSSR count). The van der Waals surface area contributed by atoms with Crippen molar-refractivity contribution in [2.45, 2.75) is 38.5 Å². The number of nitrogens with zero attached hydrogens (tertiary/aromatic N) is 1. The number of anilines is 1.